The van der Waals surface area contributed by atoms with Crippen LogP contribution < -0.4 is 10.2 Å². The summed E-state index contributed by atoms with van der Waals surface area (Å²) < 4.78 is 1.08. The zero-order valence-corrected chi connectivity index (χ0v) is 13.5. The van der Waals surface area contributed by atoms with Gasteiger partial charge in [-0.05, 0) is 12.8 Å². The van der Waals surface area contributed by atoms with Crippen molar-refractivity contribution in [3.8, 4) is 0 Å². The van der Waals surface area contributed by atoms with Crippen molar-refractivity contribution in [2.75, 3.05) is 31.3 Å². The van der Waals surface area contributed by atoms with E-state index in [1.165, 1.54) is 38.5 Å². The molecule has 1 aromatic rings. The normalized spacial score (nSPS) is 17.4. The Morgan fingerprint density at radius 1 is 1.21 bits per heavy atom. The number of aromatic nitrogens is 2. The van der Waals surface area contributed by atoms with E-state index in [-0.39, 0.29) is 0 Å². The van der Waals surface area contributed by atoms with E-state index in [2.05, 4.69) is 15.5 Å². The van der Waals surface area contributed by atoms with Crippen LogP contribution in [0.4, 0.5) is 5.13 Å². The van der Waals surface area contributed by atoms with Gasteiger partial charge in [-0.15, -0.1) is 10.2 Å². The third-order valence-corrected chi connectivity index (χ3v) is 5.62. The van der Waals surface area contributed by atoms with Crippen LogP contribution in [0.1, 0.15) is 38.5 Å². The highest BCUT2D eigenvalue weighted by molar-refractivity contribution is 8.01. The largest absolute Gasteiger partial charge is 0.353 e. The highest BCUT2D eigenvalue weighted by Gasteiger charge is 2.11. The molecule has 0 unspecified atom stereocenters. The number of anilines is 1. The van der Waals surface area contributed by atoms with Crippen LogP contribution in [0.25, 0.3) is 0 Å². The van der Waals surface area contributed by atoms with Gasteiger partial charge in [-0.2, -0.15) is 0 Å². The van der Waals surface area contributed by atoms with E-state index in [1.54, 1.807) is 11.3 Å². The van der Waals surface area contributed by atoms with Crippen LogP contribution >= 0.6 is 23.1 Å². The summed E-state index contributed by atoms with van der Waals surface area (Å²) >= 11 is 3.48. The maximum absolute atomic E-state index is 4.20. The average Bonchev–Trinajstić information content (AvgIpc) is 2.72. The zero-order chi connectivity index (χ0) is 13.5. The summed E-state index contributed by atoms with van der Waals surface area (Å²) in [6.45, 7) is 1.08. The molecule has 1 heterocycles. The maximum Gasteiger partial charge on any atom is 0.208 e. The summed E-state index contributed by atoms with van der Waals surface area (Å²) in [5.74, 6) is 1.08. The lowest BCUT2D eigenvalue weighted by molar-refractivity contribution is 0.474. The average molecular weight is 300 g/mol. The van der Waals surface area contributed by atoms with E-state index in [9.17, 15) is 0 Å². The second-order valence-electron chi connectivity index (χ2n) is 5.24. The molecule has 108 valence electrons. The molecule has 2 rings (SSSR count). The molecule has 1 aromatic heterocycles. The second kappa shape index (κ2) is 8.07. The van der Waals surface area contributed by atoms with Crippen LogP contribution in [0.2, 0.25) is 0 Å². The molecule has 1 fully saturated rings. The van der Waals surface area contributed by atoms with Gasteiger partial charge in [-0.3, -0.25) is 0 Å². The van der Waals surface area contributed by atoms with Gasteiger partial charge in [0.2, 0.25) is 5.13 Å². The first-order valence-corrected chi connectivity index (χ1v) is 8.93. The number of hydrogen-bond donors (Lipinski definition) is 1. The molecule has 1 saturated carbocycles. The fourth-order valence-corrected chi connectivity index (χ4v) is 4.03. The van der Waals surface area contributed by atoms with Crippen molar-refractivity contribution in [3.63, 3.8) is 0 Å². The van der Waals surface area contributed by atoms with Crippen LogP contribution in [0.15, 0.2) is 4.34 Å². The Morgan fingerprint density at radius 2 is 1.95 bits per heavy atom. The van der Waals surface area contributed by atoms with E-state index in [0.29, 0.717) is 0 Å². The zero-order valence-electron chi connectivity index (χ0n) is 11.9. The van der Waals surface area contributed by atoms with Crippen molar-refractivity contribution in [1.82, 2.24) is 15.5 Å². The van der Waals surface area contributed by atoms with Crippen LogP contribution in [0.5, 0.6) is 0 Å². The number of nitrogens with one attached hydrogen (secondary N) is 1. The van der Waals surface area contributed by atoms with Crippen molar-refractivity contribution < 1.29 is 0 Å². The summed E-state index contributed by atoms with van der Waals surface area (Å²) in [6, 6.07) is 0.745. The summed E-state index contributed by atoms with van der Waals surface area (Å²) in [5.41, 5.74) is 0. The van der Waals surface area contributed by atoms with Gasteiger partial charge in [0.05, 0.1) is 0 Å². The Kier molecular flexibility index (Phi) is 6.40. The summed E-state index contributed by atoms with van der Waals surface area (Å²) in [7, 11) is 4.01. The first kappa shape index (κ1) is 15.1. The summed E-state index contributed by atoms with van der Waals surface area (Å²) in [6.07, 6.45) is 8.35. The smallest absolute Gasteiger partial charge is 0.208 e. The Morgan fingerprint density at radius 3 is 2.58 bits per heavy atom. The Bertz CT molecular complexity index is 359. The molecule has 0 spiro atoms. The molecule has 0 atom stereocenters. The fraction of sp³-hybridized carbons (Fsp3) is 0.846. The van der Waals surface area contributed by atoms with Crippen LogP contribution in [0, 0.1) is 0 Å². The van der Waals surface area contributed by atoms with E-state index in [4.69, 9.17) is 0 Å². The SMILES string of the molecule is CN(C)c1nnc(SCCNC2CCCCCC2)s1. The predicted octanol–water partition coefficient (Wildman–Crippen LogP) is 3.01. The van der Waals surface area contributed by atoms with Crippen LogP contribution in [0.3, 0.4) is 0 Å². The van der Waals surface area contributed by atoms with Crippen molar-refractivity contribution in [2.24, 2.45) is 0 Å². The van der Waals surface area contributed by atoms with Gasteiger partial charge in [0, 0.05) is 32.4 Å². The predicted molar refractivity (Wildman–Crippen MR) is 84.5 cm³/mol. The minimum Gasteiger partial charge on any atom is -0.353 e. The lowest BCUT2D eigenvalue weighted by Gasteiger charge is -2.15. The lowest BCUT2D eigenvalue weighted by Crippen LogP contribution is -2.30. The molecule has 0 aromatic carbocycles. The molecular weight excluding hydrogens is 276 g/mol. The van der Waals surface area contributed by atoms with Crippen molar-refractivity contribution in [3.05, 3.63) is 0 Å². The Hall–Kier alpha value is -0.330. The molecular formula is C13H24N4S2. The fourth-order valence-electron chi connectivity index (χ4n) is 2.33. The van der Waals surface area contributed by atoms with Crippen LogP contribution in [-0.2, 0) is 0 Å². The standard InChI is InChI=1S/C13H24N4S2/c1-17(2)12-15-16-13(19-12)18-10-9-14-11-7-5-3-4-6-8-11/h11,14H,3-10H2,1-2H3. The topological polar surface area (TPSA) is 41.1 Å². The molecule has 0 aliphatic heterocycles. The monoisotopic (exact) mass is 300 g/mol. The molecule has 1 aliphatic rings. The van der Waals surface area contributed by atoms with Crippen molar-refractivity contribution in [2.45, 2.75) is 48.9 Å². The highest BCUT2D eigenvalue weighted by atomic mass is 32.2. The van der Waals surface area contributed by atoms with Crippen molar-refractivity contribution >= 4 is 28.2 Å². The number of hydrogen-bond acceptors (Lipinski definition) is 6. The highest BCUT2D eigenvalue weighted by Crippen LogP contribution is 2.26. The van der Waals surface area contributed by atoms with Gasteiger partial charge in [-0.1, -0.05) is 48.8 Å². The lowest BCUT2D eigenvalue weighted by atomic mass is 10.1. The minimum absolute atomic E-state index is 0.745. The molecule has 0 saturated heterocycles. The molecule has 19 heavy (non-hydrogen) atoms. The van der Waals surface area contributed by atoms with E-state index >= 15 is 0 Å². The minimum atomic E-state index is 0.745. The Labute approximate surface area is 124 Å². The Balaban J connectivity index is 1.62. The van der Waals surface area contributed by atoms with Gasteiger partial charge in [0.1, 0.15) is 0 Å². The van der Waals surface area contributed by atoms with E-state index in [1.807, 2.05) is 30.8 Å². The van der Waals surface area contributed by atoms with Crippen molar-refractivity contribution in [1.29, 1.82) is 0 Å². The van der Waals surface area contributed by atoms with Gasteiger partial charge in [0.25, 0.3) is 0 Å². The second-order valence-corrected chi connectivity index (χ2v) is 7.53. The number of nitrogens with zero attached hydrogens (tertiary/aromatic N) is 3. The van der Waals surface area contributed by atoms with E-state index in [0.717, 1.165) is 27.8 Å². The van der Waals surface area contributed by atoms with Gasteiger partial charge in [-0.25, -0.2) is 0 Å². The molecule has 1 aliphatic carbocycles. The summed E-state index contributed by atoms with van der Waals surface area (Å²) in [4.78, 5) is 2.01. The van der Waals surface area contributed by atoms with Gasteiger partial charge >= 0.3 is 0 Å². The van der Waals surface area contributed by atoms with Gasteiger partial charge < -0.3 is 10.2 Å². The molecule has 4 nitrogen and oxygen atoms in total. The number of rotatable bonds is 6. The molecule has 1 N–H and O–H groups in total. The first-order chi connectivity index (χ1) is 9.25. The molecule has 6 heteroatoms. The number of thioether (sulfide) groups is 1. The maximum atomic E-state index is 4.20. The first-order valence-electron chi connectivity index (χ1n) is 7.13. The molecule has 0 amide bonds. The van der Waals surface area contributed by atoms with Crippen LogP contribution in [-0.4, -0.2) is 42.6 Å². The molecule has 0 radical (unpaired) electrons. The quantitative estimate of drug-likeness (QED) is 0.497. The summed E-state index contributed by atoms with van der Waals surface area (Å²) in [5, 5.41) is 13.0. The van der Waals surface area contributed by atoms with Gasteiger partial charge in [0.15, 0.2) is 4.34 Å². The molecule has 0 bridgehead atoms. The van der Waals surface area contributed by atoms with E-state index < -0.39 is 0 Å². The third-order valence-electron chi connectivity index (χ3n) is 3.39. The third kappa shape index (κ3) is 5.28.